The molecular formula is C20H25ClN2O3. The van der Waals surface area contributed by atoms with E-state index in [0.29, 0.717) is 23.8 Å². The number of anilines is 1. The highest BCUT2D eigenvalue weighted by Gasteiger charge is 2.25. The molecule has 140 valence electrons. The smallest absolute Gasteiger partial charge is 0.224 e. The first kappa shape index (κ1) is 20.1. The van der Waals surface area contributed by atoms with Crippen molar-refractivity contribution >= 4 is 24.0 Å². The molecular weight excluding hydrogens is 352 g/mol. The molecule has 0 aromatic heterocycles. The molecule has 2 aromatic carbocycles. The number of nitrogens with two attached hydrogens (primary N) is 1. The van der Waals surface area contributed by atoms with Gasteiger partial charge in [-0.1, -0.05) is 12.5 Å². The van der Waals surface area contributed by atoms with E-state index in [2.05, 4.69) is 5.32 Å². The van der Waals surface area contributed by atoms with Crippen LogP contribution in [0.2, 0.25) is 0 Å². The van der Waals surface area contributed by atoms with E-state index in [-0.39, 0.29) is 24.4 Å². The number of carbonyl (C=O) groups excluding carboxylic acids is 1. The Bertz CT molecular complexity index is 721. The van der Waals surface area contributed by atoms with Crippen molar-refractivity contribution in [2.45, 2.75) is 31.7 Å². The number of hydrogen-bond acceptors (Lipinski definition) is 4. The van der Waals surface area contributed by atoms with Gasteiger partial charge in [0.15, 0.2) is 0 Å². The van der Waals surface area contributed by atoms with Crippen molar-refractivity contribution in [2.24, 2.45) is 11.7 Å². The number of amides is 1. The number of benzene rings is 2. The number of ether oxygens (including phenoxy) is 2. The zero-order valence-electron chi connectivity index (χ0n) is 14.8. The Morgan fingerprint density at radius 3 is 2.50 bits per heavy atom. The molecule has 1 saturated carbocycles. The zero-order chi connectivity index (χ0) is 17.6. The van der Waals surface area contributed by atoms with Crippen molar-refractivity contribution in [3.05, 3.63) is 48.5 Å². The third kappa shape index (κ3) is 5.38. The van der Waals surface area contributed by atoms with Gasteiger partial charge in [0.05, 0.1) is 7.11 Å². The van der Waals surface area contributed by atoms with Gasteiger partial charge in [0.1, 0.15) is 17.2 Å². The van der Waals surface area contributed by atoms with E-state index in [4.69, 9.17) is 15.2 Å². The lowest BCUT2D eigenvalue weighted by Gasteiger charge is -2.15. The van der Waals surface area contributed by atoms with Gasteiger partial charge in [-0.2, -0.15) is 0 Å². The fourth-order valence-electron chi connectivity index (χ4n) is 3.18. The van der Waals surface area contributed by atoms with Crippen molar-refractivity contribution in [1.82, 2.24) is 0 Å². The Morgan fingerprint density at radius 1 is 1.12 bits per heavy atom. The Labute approximate surface area is 160 Å². The van der Waals surface area contributed by atoms with Crippen LogP contribution in [-0.2, 0) is 4.79 Å². The van der Waals surface area contributed by atoms with Gasteiger partial charge in [-0.05, 0) is 55.2 Å². The monoisotopic (exact) mass is 376 g/mol. The predicted octanol–water partition coefficient (Wildman–Crippen LogP) is 4.37. The second kappa shape index (κ2) is 9.46. The van der Waals surface area contributed by atoms with Crippen LogP contribution in [0, 0.1) is 5.92 Å². The van der Waals surface area contributed by atoms with Crippen LogP contribution in [0.4, 0.5) is 5.69 Å². The molecule has 0 heterocycles. The maximum atomic E-state index is 12.1. The molecule has 3 N–H and O–H groups in total. The molecule has 5 nitrogen and oxygen atoms in total. The average molecular weight is 377 g/mol. The highest BCUT2D eigenvalue weighted by molar-refractivity contribution is 5.91. The molecule has 0 unspecified atom stereocenters. The number of hydrogen-bond donors (Lipinski definition) is 2. The van der Waals surface area contributed by atoms with E-state index in [0.717, 1.165) is 30.7 Å². The number of halogens is 1. The largest absolute Gasteiger partial charge is 0.497 e. The Balaban J connectivity index is 0.00000243. The van der Waals surface area contributed by atoms with Crippen LogP contribution in [0.15, 0.2) is 48.5 Å². The molecule has 1 amide bonds. The van der Waals surface area contributed by atoms with Gasteiger partial charge >= 0.3 is 0 Å². The van der Waals surface area contributed by atoms with Crippen molar-refractivity contribution in [2.75, 3.05) is 12.4 Å². The van der Waals surface area contributed by atoms with Gasteiger partial charge in [0, 0.05) is 24.2 Å². The number of carbonyl (C=O) groups is 1. The SMILES string of the molecule is COc1cccc(Oc2ccc(NC(=O)C[C@@H]3CCC[C@H]3N)cc2)c1.Cl. The van der Waals surface area contributed by atoms with Gasteiger partial charge in [-0.25, -0.2) is 0 Å². The first-order valence-corrected chi connectivity index (χ1v) is 8.61. The maximum Gasteiger partial charge on any atom is 0.224 e. The summed E-state index contributed by atoms with van der Waals surface area (Å²) < 4.78 is 11.0. The molecule has 26 heavy (non-hydrogen) atoms. The first-order chi connectivity index (χ1) is 12.1. The van der Waals surface area contributed by atoms with Crippen LogP contribution < -0.4 is 20.5 Å². The minimum absolute atomic E-state index is 0. The molecule has 0 spiro atoms. The average Bonchev–Trinajstić information content (AvgIpc) is 3.01. The minimum Gasteiger partial charge on any atom is -0.497 e. The molecule has 6 heteroatoms. The van der Waals surface area contributed by atoms with E-state index >= 15 is 0 Å². The molecule has 0 radical (unpaired) electrons. The van der Waals surface area contributed by atoms with Gasteiger partial charge in [-0.15, -0.1) is 12.4 Å². The van der Waals surface area contributed by atoms with Crippen LogP contribution in [0.1, 0.15) is 25.7 Å². The van der Waals surface area contributed by atoms with Gasteiger partial charge in [0.25, 0.3) is 0 Å². The molecule has 2 atom stereocenters. The van der Waals surface area contributed by atoms with Gasteiger partial charge < -0.3 is 20.5 Å². The van der Waals surface area contributed by atoms with Crippen LogP contribution in [-0.4, -0.2) is 19.1 Å². The Hall–Kier alpha value is -2.24. The van der Waals surface area contributed by atoms with Crippen LogP contribution in [0.5, 0.6) is 17.2 Å². The van der Waals surface area contributed by atoms with Crippen molar-refractivity contribution < 1.29 is 14.3 Å². The molecule has 1 fully saturated rings. The first-order valence-electron chi connectivity index (χ1n) is 8.61. The van der Waals surface area contributed by atoms with Crippen LogP contribution >= 0.6 is 12.4 Å². The van der Waals surface area contributed by atoms with Crippen molar-refractivity contribution in [3.63, 3.8) is 0 Å². The highest BCUT2D eigenvalue weighted by Crippen LogP contribution is 2.28. The summed E-state index contributed by atoms with van der Waals surface area (Å²) in [6.07, 6.45) is 3.68. The summed E-state index contributed by atoms with van der Waals surface area (Å²) >= 11 is 0. The van der Waals surface area contributed by atoms with E-state index < -0.39 is 0 Å². The van der Waals surface area contributed by atoms with E-state index in [9.17, 15) is 4.79 Å². The maximum absolute atomic E-state index is 12.1. The summed E-state index contributed by atoms with van der Waals surface area (Å²) in [7, 11) is 1.62. The highest BCUT2D eigenvalue weighted by atomic mass is 35.5. The molecule has 2 aromatic rings. The zero-order valence-corrected chi connectivity index (χ0v) is 15.6. The fourth-order valence-corrected chi connectivity index (χ4v) is 3.18. The summed E-state index contributed by atoms with van der Waals surface area (Å²) in [6.45, 7) is 0. The predicted molar refractivity (Wildman–Crippen MR) is 105 cm³/mol. The lowest BCUT2D eigenvalue weighted by atomic mass is 10.00. The molecule has 0 bridgehead atoms. The summed E-state index contributed by atoms with van der Waals surface area (Å²) in [5.74, 6) is 2.46. The normalized spacial score (nSPS) is 18.7. The van der Waals surface area contributed by atoms with E-state index in [1.54, 1.807) is 7.11 Å². The topological polar surface area (TPSA) is 73.6 Å². The van der Waals surface area contributed by atoms with E-state index in [1.807, 2.05) is 48.5 Å². The second-order valence-corrected chi connectivity index (χ2v) is 6.41. The molecule has 1 aliphatic rings. The van der Waals surface area contributed by atoms with Crippen LogP contribution in [0.3, 0.4) is 0 Å². The quantitative estimate of drug-likeness (QED) is 0.785. The Kier molecular flexibility index (Phi) is 7.30. The van der Waals surface area contributed by atoms with Crippen molar-refractivity contribution in [1.29, 1.82) is 0 Å². The third-order valence-electron chi connectivity index (χ3n) is 4.58. The minimum atomic E-state index is 0. The number of nitrogens with one attached hydrogen (secondary N) is 1. The Morgan fingerprint density at radius 2 is 1.85 bits per heavy atom. The molecule has 0 aliphatic heterocycles. The number of rotatable bonds is 6. The summed E-state index contributed by atoms with van der Waals surface area (Å²) in [6, 6.07) is 14.9. The summed E-state index contributed by atoms with van der Waals surface area (Å²) in [4.78, 5) is 12.1. The van der Waals surface area contributed by atoms with Crippen LogP contribution in [0.25, 0.3) is 0 Å². The lowest BCUT2D eigenvalue weighted by molar-refractivity contribution is -0.117. The standard InChI is InChI=1S/C20H24N2O3.ClH/c1-24-17-5-3-6-18(13-17)25-16-10-8-15(9-11-16)22-20(23)12-14-4-2-7-19(14)21;/h3,5-6,8-11,13-14,19H,2,4,7,12,21H2,1H3,(H,22,23);1H/t14-,19+;/m0./s1. The van der Waals surface area contributed by atoms with Gasteiger partial charge in [0.2, 0.25) is 5.91 Å². The molecule has 3 rings (SSSR count). The lowest BCUT2D eigenvalue weighted by Crippen LogP contribution is -2.28. The van der Waals surface area contributed by atoms with Gasteiger partial charge in [-0.3, -0.25) is 4.79 Å². The summed E-state index contributed by atoms with van der Waals surface area (Å²) in [5, 5.41) is 2.93. The second-order valence-electron chi connectivity index (χ2n) is 6.41. The van der Waals surface area contributed by atoms with E-state index in [1.165, 1.54) is 0 Å². The van der Waals surface area contributed by atoms with Crippen molar-refractivity contribution in [3.8, 4) is 17.2 Å². The molecule has 1 aliphatic carbocycles. The summed E-state index contributed by atoms with van der Waals surface area (Å²) in [5.41, 5.74) is 6.79. The number of methoxy groups -OCH3 is 1. The third-order valence-corrected chi connectivity index (χ3v) is 4.58. The fraction of sp³-hybridized carbons (Fsp3) is 0.350. The molecule has 0 saturated heterocycles.